The molecule has 0 saturated heterocycles. The largest absolute Gasteiger partial charge is 0.385 e. The van der Waals surface area contributed by atoms with Crippen molar-refractivity contribution in [1.82, 2.24) is 5.43 Å². The summed E-state index contributed by atoms with van der Waals surface area (Å²) < 4.78 is 18.2. The molecule has 14 heavy (non-hydrogen) atoms. The minimum Gasteiger partial charge on any atom is -0.385 e. The molecule has 0 amide bonds. The number of rotatable bonds is 5. The minimum atomic E-state index is -0.244. The molecule has 1 aromatic rings. The lowest BCUT2D eigenvalue weighted by atomic mass is 10.0. The third-order valence-electron chi connectivity index (χ3n) is 2.09. The molecule has 3 N–H and O–H groups in total. The first kappa shape index (κ1) is 11.1. The number of hydrazine groups is 1. The van der Waals surface area contributed by atoms with Crippen molar-refractivity contribution in [3.8, 4) is 0 Å². The van der Waals surface area contributed by atoms with Crippen molar-refractivity contribution in [2.75, 3.05) is 13.7 Å². The van der Waals surface area contributed by atoms with E-state index in [1.165, 1.54) is 6.07 Å². The standard InChI is InChI=1S/C10H15FN2O/c1-14-7-6-10(13-12)8-4-2-3-5-9(8)11/h2-5,10,13H,6-7,12H2,1H3. The lowest BCUT2D eigenvalue weighted by Gasteiger charge is -2.16. The molecule has 0 aliphatic rings. The molecule has 1 rings (SSSR count). The monoisotopic (exact) mass is 198 g/mol. The van der Waals surface area contributed by atoms with Crippen LogP contribution in [0, 0.1) is 5.82 Å². The summed E-state index contributed by atoms with van der Waals surface area (Å²) in [6.45, 7) is 0.545. The van der Waals surface area contributed by atoms with E-state index in [4.69, 9.17) is 10.6 Å². The highest BCUT2D eigenvalue weighted by Gasteiger charge is 2.12. The van der Waals surface area contributed by atoms with Gasteiger partial charge in [-0.15, -0.1) is 0 Å². The second kappa shape index (κ2) is 5.70. The fourth-order valence-corrected chi connectivity index (χ4v) is 1.32. The fourth-order valence-electron chi connectivity index (χ4n) is 1.32. The molecule has 0 radical (unpaired) electrons. The van der Waals surface area contributed by atoms with E-state index in [2.05, 4.69) is 5.43 Å². The number of hydrogen-bond acceptors (Lipinski definition) is 3. The Hall–Kier alpha value is -0.970. The molecule has 1 atom stereocenters. The Balaban J connectivity index is 2.73. The van der Waals surface area contributed by atoms with Crippen molar-refractivity contribution in [2.24, 2.45) is 5.84 Å². The maximum Gasteiger partial charge on any atom is 0.128 e. The molecule has 0 aliphatic carbocycles. The number of methoxy groups -OCH3 is 1. The highest BCUT2D eigenvalue weighted by atomic mass is 19.1. The molecule has 0 aromatic heterocycles. The summed E-state index contributed by atoms with van der Waals surface area (Å²) in [6.07, 6.45) is 0.647. The van der Waals surface area contributed by atoms with Crippen LogP contribution in [0.2, 0.25) is 0 Å². The Kier molecular flexibility index (Phi) is 4.52. The summed E-state index contributed by atoms with van der Waals surface area (Å²) in [5.41, 5.74) is 3.15. The highest BCUT2D eigenvalue weighted by molar-refractivity contribution is 5.20. The van der Waals surface area contributed by atoms with Crippen LogP contribution in [0.15, 0.2) is 24.3 Å². The van der Waals surface area contributed by atoms with E-state index in [1.54, 1.807) is 25.3 Å². The van der Waals surface area contributed by atoms with E-state index in [1.807, 2.05) is 0 Å². The number of hydrogen-bond donors (Lipinski definition) is 2. The van der Waals surface area contributed by atoms with Crippen molar-refractivity contribution >= 4 is 0 Å². The van der Waals surface area contributed by atoms with Gasteiger partial charge in [0.25, 0.3) is 0 Å². The summed E-state index contributed by atoms with van der Waals surface area (Å²) in [6, 6.07) is 6.39. The SMILES string of the molecule is COCCC(NN)c1ccccc1F. The normalized spacial score (nSPS) is 12.8. The molecular weight excluding hydrogens is 183 g/mol. The first-order valence-electron chi connectivity index (χ1n) is 4.49. The maximum atomic E-state index is 13.3. The van der Waals surface area contributed by atoms with Gasteiger partial charge < -0.3 is 4.74 Å². The molecule has 0 heterocycles. The average molecular weight is 198 g/mol. The first-order valence-corrected chi connectivity index (χ1v) is 4.49. The van der Waals surface area contributed by atoms with E-state index in [9.17, 15) is 4.39 Å². The number of nitrogens with two attached hydrogens (primary N) is 1. The summed E-state index contributed by atoms with van der Waals surface area (Å²) >= 11 is 0. The van der Waals surface area contributed by atoms with Crippen molar-refractivity contribution in [2.45, 2.75) is 12.5 Å². The second-order valence-corrected chi connectivity index (χ2v) is 3.02. The van der Waals surface area contributed by atoms with Gasteiger partial charge in [-0.2, -0.15) is 0 Å². The van der Waals surface area contributed by atoms with E-state index in [0.29, 0.717) is 18.6 Å². The Morgan fingerprint density at radius 1 is 1.50 bits per heavy atom. The number of benzene rings is 1. The molecule has 0 fully saturated rings. The van der Waals surface area contributed by atoms with Gasteiger partial charge in [0.15, 0.2) is 0 Å². The van der Waals surface area contributed by atoms with Crippen LogP contribution in [0.3, 0.4) is 0 Å². The van der Waals surface area contributed by atoms with Gasteiger partial charge in [0.2, 0.25) is 0 Å². The average Bonchev–Trinajstić information content (AvgIpc) is 2.21. The van der Waals surface area contributed by atoms with Gasteiger partial charge >= 0.3 is 0 Å². The zero-order chi connectivity index (χ0) is 10.4. The number of nitrogens with one attached hydrogen (secondary N) is 1. The Morgan fingerprint density at radius 3 is 2.79 bits per heavy atom. The topological polar surface area (TPSA) is 47.3 Å². The van der Waals surface area contributed by atoms with Gasteiger partial charge in [-0.3, -0.25) is 11.3 Å². The zero-order valence-electron chi connectivity index (χ0n) is 8.16. The Morgan fingerprint density at radius 2 is 2.21 bits per heavy atom. The van der Waals surface area contributed by atoms with Gasteiger partial charge in [0.05, 0.1) is 6.04 Å². The molecule has 1 unspecified atom stereocenters. The van der Waals surface area contributed by atoms with Crippen LogP contribution in [0.5, 0.6) is 0 Å². The quantitative estimate of drug-likeness (QED) is 0.555. The van der Waals surface area contributed by atoms with Crippen LogP contribution in [0.25, 0.3) is 0 Å². The Labute approximate surface area is 83.0 Å². The molecule has 0 spiro atoms. The summed E-state index contributed by atoms with van der Waals surface area (Å²) in [4.78, 5) is 0. The van der Waals surface area contributed by atoms with Crippen LogP contribution < -0.4 is 11.3 Å². The third kappa shape index (κ3) is 2.77. The van der Waals surface area contributed by atoms with Crippen molar-refractivity contribution < 1.29 is 9.13 Å². The van der Waals surface area contributed by atoms with Crippen LogP contribution in [0.4, 0.5) is 4.39 Å². The highest BCUT2D eigenvalue weighted by Crippen LogP contribution is 2.18. The fraction of sp³-hybridized carbons (Fsp3) is 0.400. The van der Waals surface area contributed by atoms with Gasteiger partial charge in [-0.25, -0.2) is 4.39 Å². The van der Waals surface area contributed by atoms with Crippen molar-refractivity contribution in [3.63, 3.8) is 0 Å². The van der Waals surface area contributed by atoms with Gasteiger partial charge in [0.1, 0.15) is 5.82 Å². The number of halogens is 1. The van der Waals surface area contributed by atoms with Crippen LogP contribution in [0.1, 0.15) is 18.0 Å². The number of ether oxygens (including phenoxy) is 1. The van der Waals surface area contributed by atoms with E-state index in [0.717, 1.165) is 0 Å². The summed E-state index contributed by atoms with van der Waals surface area (Å²) in [5, 5.41) is 0. The molecule has 4 heteroatoms. The summed E-state index contributed by atoms with van der Waals surface area (Å²) in [7, 11) is 1.61. The van der Waals surface area contributed by atoms with E-state index in [-0.39, 0.29) is 11.9 Å². The molecule has 0 saturated carbocycles. The molecule has 78 valence electrons. The predicted molar refractivity (Wildman–Crippen MR) is 53.0 cm³/mol. The predicted octanol–water partition coefficient (Wildman–Crippen LogP) is 1.37. The maximum absolute atomic E-state index is 13.3. The molecule has 3 nitrogen and oxygen atoms in total. The van der Waals surface area contributed by atoms with E-state index < -0.39 is 0 Å². The van der Waals surface area contributed by atoms with Crippen molar-refractivity contribution in [1.29, 1.82) is 0 Å². The molecule has 0 aliphatic heterocycles. The van der Waals surface area contributed by atoms with Gasteiger partial charge in [-0.1, -0.05) is 18.2 Å². The third-order valence-corrected chi connectivity index (χ3v) is 2.09. The first-order chi connectivity index (χ1) is 6.79. The van der Waals surface area contributed by atoms with Crippen LogP contribution in [-0.4, -0.2) is 13.7 Å². The minimum absolute atomic E-state index is 0.198. The van der Waals surface area contributed by atoms with Crippen LogP contribution >= 0.6 is 0 Å². The van der Waals surface area contributed by atoms with Gasteiger partial charge in [-0.05, 0) is 12.5 Å². The zero-order valence-corrected chi connectivity index (χ0v) is 8.16. The molecule has 0 bridgehead atoms. The molecular formula is C10H15FN2O. The summed E-state index contributed by atoms with van der Waals surface area (Å²) in [5.74, 6) is 5.10. The van der Waals surface area contributed by atoms with Crippen molar-refractivity contribution in [3.05, 3.63) is 35.6 Å². The van der Waals surface area contributed by atoms with Gasteiger partial charge in [0, 0.05) is 19.3 Å². The van der Waals surface area contributed by atoms with E-state index >= 15 is 0 Å². The smallest absolute Gasteiger partial charge is 0.128 e. The second-order valence-electron chi connectivity index (χ2n) is 3.02. The lowest BCUT2D eigenvalue weighted by Crippen LogP contribution is -2.29. The molecule has 1 aromatic carbocycles. The Bertz CT molecular complexity index is 281. The lowest BCUT2D eigenvalue weighted by molar-refractivity contribution is 0.182. The van der Waals surface area contributed by atoms with Crippen LogP contribution in [-0.2, 0) is 4.74 Å².